The van der Waals surface area contributed by atoms with Crippen LogP contribution in [0.1, 0.15) is 18.6 Å². The number of hydrogen-bond donors (Lipinski definition) is 1. The molecule has 0 aliphatic rings. The van der Waals surface area contributed by atoms with E-state index < -0.39 is 0 Å². The third-order valence-corrected chi connectivity index (χ3v) is 1.82. The topological polar surface area (TPSA) is 54.2 Å². The van der Waals surface area contributed by atoms with Crippen molar-refractivity contribution in [2.45, 2.75) is 19.9 Å². The van der Waals surface area contributed by atoms with Gasteiger partial charge in [-0.1, -0.05) is 12.1 Å². The van der Waals surface area contributed by atoms with Crippen molar-refractivity contribution in [1.82, 2.24) is 20.4 Å². The number of nitrogens with zero attached hydrogens (tertiary/aromatic N) is 3. The third-order valence-electron chi connectivity index (χ3n) is 1.82. The molecule has 0 aliphatic carbocycles. The highest BCUT2D eigenvalue weighted by Gasteiger charge is 2.05. The second kappa shape index (κ2) is 5.72. The van der Waals surface area contributed by atoms with Crippen LogP contribution in [0.2, 0.25) is 0 Å². The summed E-state index contributed by atoms with van der Waals surface area (Å²) >= 11 is 0. The summed E-state index contributed by atoms with van der Waals surface area (Å²) in [7, 11) is 4.05. The molecule has 5 heteroatoms. The van der Waals surface area contributed by atoms with E-state index in [1.807, 2.05) is 21.0 Å². The molecule has 0 unspecified atom stereocenters. The van der Waals surface area contributed by atoms with Crippen LogP contribution in [0, 0.1) is 0 Å². The molecule has 0 saturated heterocycles. The Morgan fingerprint density at radius 2 is 2.21 bits per heavy atom. The molecule has 0 radical (unpaired) electrons. The molecule has 1 aromatic rings. The molecule has 0 saturated carbocycles. The highest BCUT2D eigenvalue weighted by Crippen LogP contribution is 1.98. The van der Waals surface area contributed by atoms with Crippen molar-refractivity contribution in [3.63, 3.8) is 0 Å². The summed E-state index contributed by atoms with van der Waals surface area (Å²) in [5.41, 5.74) is 0. The Labute approximate surface area is 84.5 Å². The fourth-order valence-corrected chi connectivity index (χ4v) is 1.02. The summed E-state index contributed by atoms with van der Waals surface area (Å²) in [5.74, 6) is 1.45. The Morgan fingerprint density at radius 3 is 2.86 bits per heavy atom. The lowest BCUT2D eigenvalue weighted by atomic mass is 10.4. The second-order valence-corrected chi connectivity index (χ2v) is 3.44. The summed E-state index contributed by atoms with van der Waals surface area (Å²) in [4.78, 5) is 6.35. The van der Waals surface area contributed by atoms with Crippen LogP contribution in [0.15, 0.2) is 4.52 Å². The fraction of sp³-hybridized carbons (Fsp3) is 0.778. The van der Waals surface area contributed by atoms with Gasteiger partial charge in [0.15, 0.2) is 5.82 Å². The summed E-state index contributed by atoms with van der Waals surface area (Å²) in [6.07, 6.45) is 0.836. The lowest BCUT2D eigenvalue weighted by molar-refractivity contribution is 0.358. The van der Waals surface area contributed by atoms with Crippen LogP contribution in [-0.2, 0) is 13.0 Å². The zero-order valence-corrected chi connectivity index (χ0v) is 9.08. The third kappa shape index (κ3) is 3.85. The van der Waals surface area contributed by atoms with Crippen molar-refractivity contribution >= 4 is 0 Å². The average Bonchev–Trinajstić information content (AvgIpc) is 2.59. The van der Waals surface area contributed by atoms with Crippen molar-refractivity contribution < 1.29 is 4.52 Å². The first-order valence-electron chi connectivity index (χ1n) is 4.89. The lowest BCUT2D eigenvalue weighted by Crippen LogP contribution is -2.16. The van der Waals surface area contributed by atoms with E-state index in [1.165, 1.54) is 0 Å². The van der Waals surface area contributed by atoms with E-state index >= 15 is 0 Å². The van der Waals surface area contributed by atoms with Gasteiger partial charge in [-0.05, 0) is 20.6 Å². The Morgan fingerprint density at radius 1 is 1.43 bits per heavy atom. The number of nitrogens with one attached hydrogen (secondary N) is 1. The number of aromatic nitrogens is 2. The fourth-order valence-electron chi connectivity index (χ4n) is 1.02. The molecule has 0 fully saturated rings. The van der Waals surface area contributed by atoms with Gasteiger partial charge in [0, 0.05) is 13.0 Å². The van der Waals surface area contributed by atoms with Crippen molar-refractivity contribution in [3.05, 3.63) is 11.7 Å². The molecule has 5 nitrogen and oxygen atoms in total. The van der Waals surface area contributed by atoms with Gasteiger partial charge in [0.05, 0.1) is 6.54 Å². The summed E-state index contributed by atoms with van der Waals surface area (Å²) in [5, 5.41) is 7.02. The zero-order chi connectivity index (χ0) is 10.4. The van der Waals surface area contributed by atoms with E-state index in [9.17, 15) is 0 Å². The van der Waals surface area contributed by atoms with Crippen LogP contribution < -0.4 is 5.32 Å². The Hall–Kier alpha value is -0.940. The molecule has 1 heterocycles. The van der Waals surface area contributed by atoms with E-state index in [4.69, 9.17) is 4.52 Å². The number of likely N-dealkylation sites (N-methyl/N-ethyl adjacent to an activating group) is 1. The normalized spacial score (nSPS) is 11.1. The molecular weight excluding hydrogens is 180 g/mol. The molecule has 1 aromatic heterocycles. The first kappa shape index (κ1) is 11.1. The van der Waals surface area contributed by atoms with E-state index in [-0.39, 0.29) is 0 Å². The van der Waals surface area contributed by atoms with Crippen LogP contribution in [0.4, 0.5) is 0 Å². The molecule has 1 rings (SSSR count). The second-order valence-electron chi connectivity index (χ2n) is 3.44. The molecule has 0 atom stereocenters. The Balaban J connectivity index is 2.35. The maximum atomic E-state index is 5.06. The van der Waals surface area contributed by atoms with Crippen LogP contribution in [-0.4, -0.2) is 42.2 Å². The smallest absolute Gasteiger partial charge is 0.240 e. The lowest BCUT2D eigenvalue weighted by Gasteiger charge is -2.05. The molecule has 0 aliphatic heterocycles. The van der Waals surface area contributed by atoms with E-state index in [0.717, 1.165) is 25.3 Å². The quantitative estimate of drug-likeness (QED) is 0.711. The summed E-state index contributed by atoms with van der Waals surface area (Å²) in [6.45, 7) is 4.56. The molecule has 0 aromatic carbocycles. The van der Waals surface area contributed by atoms with Crippen molar-refractivity contribution in [2.24, 2.45) is 0 Å². The largest absolute Gasteiger partial charge is 0.338 e. The molecule has 1 N–H and O–H groups in total. The number of rotatable bonds is 6. The Kier molecular flexibility index (Phi) is 4.55. The van der Waals surface area contributed by atoms with E-state index in [0.29, 0.717) is 12.4 Å². The van der Waals surface area contributed by atoms with Gasteiger partial charge < -0.3 is 14.7 Å². The standard InChI is InChI=1S/C9H18N4O/c1-4-10-7-9-11-8(12-14-9)5-6-13(2)3/h10H,4-7H2,1-3H3. The van der Waals surface area contributed by atoms with Gasteiger partial charge in [0.2, 0.25) is 5.89 Å². The first-order valence-corrected chi connectivity index (χ1v) is 4.89. The van der Waals surface area contributed by atoms with Crippen molar-refractivity contribution in [1.29, 1.82) is 0 Å². The van der Waals surface area contributed by atoms with E-state index in [2.05, 4.69) is 20.4 Å². The average molecular weight is 198 g/mol. The van der Waals surface area contributed by atoms with Crippen LogP contribution in [0.5, 0.6) is 0 Å². The van der Waals surface area contributed by atoms with Crippen LogP contribution >= 0.6 is 0 Å². The molecule has 0 amide bonds. The van der Waals surface area contributed by atoms with Gasteiger partial charge >= 0.3 is 0 Å². The minimum absolute atomic E-state index is 0.658. The van der Waals surface area contributed by atoms with Gasteiger partial charge in [-0.3, -0.25) is 0 Å². The SMILES string of the molecule is CCNCc1nc(CCN(C)C)no1. The highest BCUT2D eigenvalue weighted by molar-refractivity contribution is 4.86. The molecular formula is C9H18N4O. The Bertz CT molecular complexity index is 259. The van der Waals surface area contributed by atoms with Crippen LogP contribution in [0.3, 0.4) is 0 Å². The van der Waals surface area contributed by atoms with Crippen molar-refractivity contribution in [3.8, 4) is 0 Å². The summed E-state index contributed by atoms with van der Waals surface area (Å²) in [6, 6.07) is 0. The highest BCUT2D eigenvalue weighted by atomic mass is 16.5. The van der Waals surface area contributed by atoms with Gasteiger partial charge in [0.25, 0.3) is 0 Å². The maximum Gasteiger partial charge on any atom is 0.240 e. The van der Waals surface area contributed by atoms with E-state index in [1.54, 1.807) is 0 Å². The first-order chi connectivity index (χ1) is 6.72. The van der Waals surface area contributed by atoms with Gasteiger partial charge in [-0.25, -0.2) is 0 Å². The predicted molar refractivity (Wildman–Crippen MR) is 53.9 cm³/mol. The van der Waals surface area contributed by atoms with Crippen molar-refractivity contribution in [2.75, 3.05) is 27.2 Å². The maximum absolute atomic E-state index is 5.06. The van der Waals surface area contributed by atoms with Gasteiger partial charge in [-0.15, -0.1) is 0 Å². The molecule has 0 spiro atoms. The summed E-state index contributed by atoms with van der Waals surface area (Å²) < 4.78 is 5.06. The minimum atomic E-state index is 0.658. The van der Waals surface area contributed by atoms with Gasteiger partial charge in [-0.2, -0.15) is 4.98 Å². The molecule has 14 heavy (non-hydrogen) atoms. The molecule has 80 valence electrons. The predicted octanol–water partition coefficient (Wildman–Crippen LogP) is 0.283. The molecule has 0 bridgehead atoms. The minimum Gasteiger partial charge on any atom is -0.338 e. The number of hydrogen-bond acceptors (Lipinski definition) is 5. The zero-order valence-electron chi connectivity index (χ0n) is 9.08. The monoisotopic (exact) mass is 198 g/mol. The van der Waals surface area contributed by atoms with Crippen LogP contribution in [0.25, 0.3) is 0 Å². The van der Waals surface area contributed by atoms with Gasteiger partial charge in [0.1, 0.15) is 0 Å².